The van der Waals surface area contributed by atoms with Gasteiger partial charge < -0.3 is 14.6 Å². The van der Waals surface area contributed by atoms with Gasteiger partial charge in [-0.2, -0.15) is 0 Å². The minimum Gasteiger partial charge on any atom is -0.506 e. The first-order valence-corrected chi connectivity index (χ1v) is 10.5. The number of benzene rings is 1. The molecule has 0 saturated carbocycles. The summed E-state index contributed by atoms with van der Waals surface area (Å²) in [5.74, 6) is 1.52. The van der Waals surface area contributed by atoms with Crippen LogP contribution in [-0.4, -0.2) is 35.2 Å². The van der Waals surface area contributed by atoms with E-state index in [1.54, 1.807) is 31.2 Å². The van der Waals surface area contributed by atoms with E-state index in [1.807, 2.05) is 6.92 Å². The lowest BCUT2D eigenvalue weighted by atomic mass is 10.1. The number of aliphatic hydroxyl groups excluding tert-OH is 1. The second kappa shape index (κ2) is 10.9. The Bertz CT molecular complexity index is 943. The van der Waals surface area contributed by atoms with E-state index >= 15 is 0 Å². The molecule has 0 radical (unpaired) electrons. The van der Waals surface area contributed by atoms with Gasteiger partial charge in [-0.3, -0.25) is 4.79 Å². The van der Waals surface area contributed by atoms with Gasteiger partial charge >= 0.3 is 5.97 Å². The van der Waals surface area contributed by atoms with Crippen LogP contribution in [0, 0.1) is 12.3 Å². The van der Waals surface area contributed by atoms with Crippen molar-refractivity contribution in [1.29, 1.82) is 0 Å². The SMILES string of the molecule is C#CCOc1ccc(Br)cc1/C=C1\SC(=NC(=O)CCC)C(C(=O)OCC)=C1O. The molecule has 0 aromatic heterocycles. The summed E-state index contributed by atoms with van der Waals surface area (Å²) in [5.41, 5.74) is 0.515. The average Bonchev–Trinajstić information content (AvgIpc) is 2.96. The number of nitrogens with zero attached hydrogens (tertiary/aromatic N) is 1. The van der Waals surface area contributed by atoms with Gasteiger partial charge in [-0.15, -0.1) is 6.42 Å². The molecule has 0 atom stereocenters. The zero-order valence-electron chi connectivity index (χ0n) is 16.0. The molecule has 8 heteroatoms. The molecule has 0 saturated heterocycles. The lowest BCUT2D eigenvalue weighted by Crippen LogP contribution is -2.14. The normalized spacial score (nSPS) is 16.2. The number of rotatable bonds is 7. The van der Waals surface area contributed by atoms with E-state index in [9.17, 15) is 14.7 Å². The summed E-state index contributed by atoms with van der Waals surface area (Å²) in [6.45, 7) is 3.73. The van der Waals surface area contributed by atoms with Crippen molar-refractivity contribution in [3.63, 3.8) is 0 Å². The first kappa shape index (κ1) is 22.8. The van der Waals surface area contributed by atoms with Crippen LogP contribution in [0.2, 0.25) is 0 Å². The van der Waals surface area contributed by atoms with E-state index in [4.69, 9.17) is 15.9 Å². The molecule has 1 N–H and O–H groups in total. The predicted octanol–water partition coefficient (Wildman–Crippen LogP) is 4.65. The van der Waals surface area contributed by atoms with Gasteiger partial charge in [0.25, 0.3) is 0 Å². The highest BCUT2D eigenvalue weighted by Crippen LogP contribution is 2.40. The number of halogens is 1. The maximum absolute atomic E-state index is 12.3. The molecular weight excluding hydrogens is 458 g/mol. The molecule has 1 aromatic carbocycles. The molecule has 2 rings (SSSR count). The summed E-state index contributed by atoms with van der Waals surface area (Å²) in [4.78, 5) is 28.7. The molecule has 1 aromatic rings. The molecule has 1 aliphatic heterocycles. The highest BCUT2D eigenvalue weighted by atomic mass is 79.9. The summed E-state index contributed by atoms with van der Waals surface area (Å²) in [5, 5.41) is 10.8. The maximum atomic E-state index is 12.3. The zero-order chi connectivity index (χ0) is 21.4. The second-order valence-electron chi connectivity index (χ2n) is 5.79. The van der Waals surface area contributed by atoms with Crippen molar-refractivity contribution in [3.05, 3.63) is 44.5 Å². The van der Waals surface area contributed by atoms with Gasteiger partial charge in [0.05, 0.1) is 11.5 Å². The van der Waals surface area contributed by atoms with Gasteiger partial charge in [-0.1, -0.05) is 40.5 Å². The van der Waals surface area contributed by atoms with E-state index in [0.717, 1.165) is 16.2 Å². The number of terminal acetylenes is 1. The second-order valence-corrected chi connectivity index (χ2v) is 7.74. The van der Waals surface area contributed by atoms with Crippen molar-refractivity contribution in [2.75, 3.05) is 13.2 Å². The van der Waals surface area contributed by atoms with Crippen LogP contribution in [0.4, 0.5) is 0 Å². The summed E-state index contributed by atoms with van der Waals surface area (Å²) in [7, 11) is 0. The van der Waals surface area contributed by atoms with Gasteiger partial charge in [0.1, 0.15) is 28.7 Å². The number of esters is 1. The smallest absolute Gasteiger partial charge is 0.344 e. The number of carbonyl (C=O) groups excluding carboxylic acids is 2. The third-order valence-electron chi connectivity index (χ3n) is 3.63. The van der Waals surface area contributed by atoms with E-state index in [2.05, 4.69) is 26.8 Å². The molecule has 0 fully saturated rings. The fourth-order valence-electron chi connectivity index (χ4n) is 2.40. The minimum absolute atomic E-state index is 0.0824. The summed E-state index contributed by atoms with van der Waals surface area (Å²) in [6, 6.07) is 5.32. The van der Waals surface area contributed by atoms with Gasteiger partial charge in [0.2, 0.25) is 5.91 Å². The maximum Gasteiger partial charge on any atom is 0.344 e. The first-order chi connectivity index (χ1) is 13.9. The molecule has 0 aliphatic carbocycles. The minimum atomic E-state index is -0.734. The summed E-state index contributed by atoms with van der Waals surface area (Å²) < 4.78 is 11.4. The highest BCUT2D eigenvalue weighted by molar-refractivity contribution is 9.10. The Morgan fingerprint density at radius 1 is 1.38 bits per heavy atom. The number of ether oxygens (including phenoxy) is 2. The van der Waals surface area contributed by atoms with Gasteiger partial charge in [-0.25, -0.2) is 9.79 Å². The third-order valence-corrected chi connectivity index (χ3v) is 5.14. The first-order valence-electron chi connectivity index (χ1n) is 8.89. The number of hydrogen-bond donors (Lipinski definition) is 1. The predicted molar refractivity (Wildman–Crippen MR) is 118 cm³/mol. The highest BCUT2D eigenvalue weighted by Gasteiger charge is 2.33. The Balaban J connectivity index is 2.51. The lowest BCUT2D eigenvalue weighted by molar-refractivity contribution is -0.138. The zero-order valence-corrected chi connectivity index (χ0v) is 18.4. The molecule has 152 valence electrons. The van der Waals surface area contributed by atoms with Crippen LogP contribution in [0.25, 0.3) is 6.08 Å². The van der Waals surface area contributed by atoms with Gasteiger partial charge in [-0.05, 0) is 37.6 Å². The molecule has 6 nitrogen and oxygen atoms in total. The van der Waals surface area contributed by atoms with Crippen LogP contribution >= 0.6 is 27.7 Å². The standard InChI is InChI=1S/C21H20BrNO5S/c1-4-7-17(24)23-20-18(21(26)27-6-3)19(25)16(29-20)12-13-11-14(22)8-9-15(13)28-10-5-2/h2,8-9,11-12,25H,4,6-7,10H2,1,3H3/b16-12-,23-20?. The Labute approximate surface area is 182 Å². The molecule has 0 bridgehead atoms. The largest absolute Gasteiger partial charge is 0.506 e. The van der Waals surface area contributed by atoms with E-state index in [1.165, 1.54) is 0 Å². The van der Waals surface area contributed by atoms with Crippen LogP contribution in [0.3, 0.4) is 0 Å². The Morgan fingerprint density at radius 3 is 2.79 bits per heavy atom. The monoisotopic (exact) mass is 477 g/mol. The van der Waals surface area contributed by atoms with Crippen LogP contribution in [0.1, 0.15) is 32.3 Å². The van der Waals surface area contributed by atoms with E-state index < -0.39 is 5.97 Å². The molecule has 1 aliphatic rings. The number of carbonyl (C=O) groups is 2. The molecule has 1 heterocycles. The number of hydrogen-bond acceptors (Lipinski definition) is 6. The topological polar surface area (TPSA) is 85.2 Å². The summed E-state index contributed by atoms with van der Waals surface area (Å²) in [6.07, 6.45) is 7.77. The molecule has 0 unspecified atom stereocenters. The molecular formula is C21H20BrNO5S. The summed E-state index contributed by atoms with van der Waals surface area (Å²) >= 11 is 4.42. The quantitative estimate of drug-likeness (QED) is 0.454. The number of aliphatic hydroxyl groups is 1. The fourth-order valence-corrected chi connectivity index (χ4v) is 3.80. The van der Waals surface area contributed by atoms with Crippen molar-refractivity contribution in [1.82, 2.24) is 0 Å². The molecule has 0 spiro atoms. The Hall–Kier alpha value is -2.50. The molecule has 1 amide bonds. The average molecular weight is 478 g/mol. The van der Waals surface area contributed by atoms with E-state index in [-0.39, 0.29) is 41.9 Å². The number of amides is 1. The van der Waals surface area contributed by atoms with Gasteiger partial charge in [0, 0.05) is 16.5 Å². The molecule has 29 heavy (non-hydrogen) atoms. The van der Waals surface area contributed by atoms with Crippen molar-refractivity contribution < 1.29 is 24.2 Å². The third kappa shape index (κ3) is 5.99. The van der Waals surface area contributed by atoms with Gasteiger partial charge in [0.15, 0.2) is 0 Å². The number of aliphatic imine (C=N–C) groups is 1. The Kier molecular flexibility index (Phi) is 8.55. The lowest BCUT2D eigenvalue weighted by Gasteiger charge is -2.08. The van der Waals surface area contributed by atoms with Crippen LogP contribution in [0.15, 0.2) is 43.9 Å². The van der Waals surface area contributed by atoms with Crippen molar-refractivity contribution in [2.24, 2.45) is 4.99 Å². The van der Waals surface area contributed by atoms with Crippen LogP contribution < -0.4 is 4.74 Å². The van der Waals surface area contributed by atoms with Crippen molar-refractivity contribution in [3.8, 4) is 18.1 Å². The Morgan fingerprint density at radius 2 is 2.14 bits per heavy atom. The fraction of sp³-hybridized carbons (Fsp3) is 0.286. The van der Waals surface area contributed by atoms with Crippen LogP contribution in [-0.2, 0) is 14.3 Å². The van der Waals surface area contributed by atoms with Crippen LogP contribution in [0.5, 0.6) is 5.75 Å². The van der Waals surface area contributed by atoms with Crippen molar-refractivity contribution >= 4 is 50.7 Å². The number of thioether (sulfide) groups is 1. The van der Waals surface area contributed by atoms with E-state index in [0.29, 0.717) is 22.6 Å². The van der Waals surface area contributed by atoms with Crippen molar-refractivity contribution in [2.45, 2.75) is 26.7 Å².